The van der Waals surface area contributed by atoms with E-state index >= 15 is 0 Å². The van der Waals surface area contributed by atoms with E-state index in [1.165, 1.54) is 4.90 Å². The first kappa shape index (κ1) is 15.5. The van der Waals surface area contributed by atoms with Crippen molar-refractivity contribution < 1.29 is 14.7 Å². The minimum absolute atomic E-state index is 0.0599. The van der Waals surface area contributed by atoms with E-state index < -0.39 is 17.9 Å². The van der Waals surface area contributed by atoms with Crippen molar-refractivity contribution in [2.24, 2.45) is 5.92 Å². The Balaban J connectivity index is 1.99. The Morgan fingerprint density at radius 2 is 2.14 bits per heavy atom. The van der Waals surface area contributed by atoms with Crippen LogP contribution >= 0.6 is 0 Å². The number of hydrogen-bond acceptors (Lipinski definition) is 3. The number of anilines is 1. The van der Waals surface area contributed by atoms with Gasteiger partial charge in [0.1, 0.15) is 0 Å². The number of carbonyl (C=O) groups is 2. The number of hydrogen-bond donors (Lipinski definition) is 2. The molecule has 0 bridgehead atoms. The molecule has 0 aromatic heterocycles. The molecule has 1 aliphatic heterocycles. The highest BCUT2D eigenvalue weighted by molar-refractivity contribution is 6.39. The van der Waals surface area contributed by atoms with E-state index in [1.54, 1.807) is 13.0 Å². The zero-order valence-electron chi connectivity index (χ0n) is 12.5. The first-order valence-electron chi connectivity index (χ1n) is 7.39. The summed E-state index contributed by atoms with van der Waals surface area (Å²) in [6, 6.07) is 7.47. The van der Waals surface area contributed by atoms with Crippen LogP contribution in [0.3, 0.4) is 0 Å². The van der Waals surface area contributed by atoms with Crippen molar-refractivity contribution in [2.75, 3.05) is 18.4 Å². The van der Waals surface area contributed by atoms with Crippen LogP contribution in [0.1, 0.15) is 25.8 Å². The molecule has 21 heavy (non-hydrogen) atoms. The average molecular weight is 290 g/mol. The molecular weight excluding hydrogens is 268 g/mol. The van der Waals surface area contributed by atoms with E-state index in [2.05, 4.69) is 5.32 Å². The van der Waals surface area contributed by atoms with Crippen molar-refractivity contribution in [2.45, 2.75) is 32.8 Å². The predicted molar refractivity (Wildman–Crippen MR) is 80.8 cm³/mol. The van der Waals surface area contributed by atoms with Crippen LogP contribution in [-0.2, 0) is 16.0 Å². The number of aryl methyl sites for hydroxylation is 1. The summed E-state index contributed by atoms with van der Waals surface area (Å²) in [6.07, 6.45) is 1.08. The highest BCUT2D eigenvalue weighted by Gasteiger charge is 2.32. The first-order valence-corrected chi connectivity index (χ1v) is 7.39. The van der Waals surface area contributed by atoms with Crippen molar-refractivity contribution >= 4 is 17.5 Å². The van der Waals surface area contributed by atoms with Crippen LogP contribution in [0.4, 0.5) is 5.69 Å². The molecule has 1 aromatic rings. The fraction of sp³-hybridized carbons (Fsp3) is 0.500. The molecule has 1 aliphatic rings. The maximum absolute atomic E-state index is 12.1. The van der Waals surface area contributed by atoms with E-state index in [0.717, 1.165) is 18.4 Å². The lowest BCUT2D eigenvalue weighted by atomic mass is 10.0. The van der Waals surface area contributed by atoms with Gasteiger partial charge in [0.05, 0.1) is 6.10 Å². The third kappa shape index (κ3) is 3.61. The molecule has 2 N–H and O–H groups in total. The molecule has 2 unspecified atom stereocenters. The van der Waals surface area contributed by atoms with E-state index in [9.17, 15) is 14.7 Å². The number of aliphatic hydroxyl groups excluding tert-OH is 1. The first-order chi connectivity index (χ1) is 10.0. The molecule has 0 saturated carbocycles. The highest BCUT2D eigenvalue weighted by atomic mass is 16.3. The van der Waals surface area contributed by atoms with Gasteiger partial charge in [-0.15, -0.1) is 0 Å². The number of carbonyl (C=O) groups excluding carboxylic acids is 2. The molecule has 0 aliphatic carbocycles. The molecule has 5 heteroatoms. The molecule has 0 radical (unpaired) electrons. The van der Waals surface area contributed by atoms with Gasteiger partial charge < -0.3 is 15.3 Å². The summed E-state index contributed by atoms with van der Waals surface area (Å²) >= 11 is 0. The number of likely N-dealkylation sites (tertiary alicyclic amines) is 1. The van der Waals surface area contributed by atoms with Crippen LogP contribution in [-0.4, -0.2) is 41.0 Å². The summed E-state index contributed by atoms with van der Waals surface area (Å²) < 4.78 is 0. The monoisotopic (exact) mass is 290 g/mol. The number of para-hydroxylation sites is 1. The van der Waals surface area contributed by atoms with Gasteiger partial charge in [-0.1, -0.05) is 25.1 Å². The normalized spacial score (nSPS) is 19.4. The third-order valence-corrected chi connectivity index (χ3v) is 4.03. The van der Waals surface area contributed by atoms with Gasteiger partial charge in [0, 0.05) is 24.7 Å². The average Bonchev–Trinajstić information content (AvgIpc) is 2.97. The Morgan fingerprint density at radius 3 is 2.76 bits per heavy atom. The lowest BCUT2D eigenvalue weighted by Gasteiger charge is -2.17. The maximum Gasteiger partial charge on any atom is 0.313 e. The molecule has 1 heterocycles. The smallest absolute Gasteiger partial charge is 0.313 e. The number of aliphatic hydroxyl groups is 1. The quantitative estimate of drug-likeness (QED) is 0.827. The summed E-state index contributed by atoms with van der Waals surface area (Å²) in [6.45, 7) is 4.69. The molecule has 0 spiro atoms. The summed E-state index contributed by atoms with van der Waals surface area (Å²) in [5.74, 6) is -1.07. The van der Waals surface area contributed by atoms with Crippen LogP contribution in [0.5, 0.6) is 0 Å². The maximum atomic E-state index is 12.1. The van der Waals surface area contributed by atoms with Crippen LogP contribution in [0, 0.1) is 5.92 Å². The van der Waals surface area contributed by atoms with Gasteiger partial charge in [-0.3, -0.25) is 9.59 Å². The van der Waals surface area contributed by atoms with Gasteiger partial charge in [0.2, 0.25) is 0 Å². The van der Waals surface area contributed by atoms with Gasteiger partial charge in [-0.25, -0.2) is 0 Å². The molecule has 1 saturated heterocycles. The second kappa shape index (κ2) is 6.72. The Hall–Kier alpha value is -1.88. The van der Waals surface area contributed by atoms with Crippen molar-refractivity contribution in [3.63, 3.8) is 0 Å². The summed E-state index contributed by atoms with van der Waals surface area (Å²) in [7, 11) is 0. The molecule has 2 atom stereocenters. The minimum Gasteiger partial charge on any atom is -0.393 e. The molecule has 5 nitrogen and oxygen atoms in total. The number of benzene rings is 1. The number of nitrogens with one attached hydrogen (secondary N) is 1. The summed E-state index contributed by atoms with van der Waals surface area (Å²) in [5.41, 5.74) is 1.69. The predicted octanol–water partition coefficient (Wildman–Crippen LogP) is 1.42. The zero-order valence-corrected chi connectivity index (χ0v) is 12.5. The Kier molecular flexibility index (Phi) is 4.96. The molecular formula is C16H22N2O3. The summed E-state index contributed by atoms with van der Waals surface area (Å²) in [4.78, 5) is 25.7. The second-order valence-electron chi connectivity index (χ2n) is 5.51. The second-order valence-corrected chi connectivity index (χ2v) is 5.51. The van der Waals surface area contributed by atoms with Gasteiger partial charge >= 0.3 is 11.8 Å². The van der Waals surface area contributed by atoms with Gasteiger partial charge in [-0.05, 0) is 31.4 Å². The zero-order chi connectivity index (χ0) is 15.4. The number of rotatable bonds is 3. The third-order valence-electron chi connectivity index (χ3n) is 4.03. The Bertz CT molecular complexity index is 528. The fourth-order valence-corrected chi connectivity index (χ4v) is 2.64. The molecule has 2 rings (SSSR count). The number of amides is 2. The molecule has 1 aromatic carbocycles. The highest BCUT2D eigenvalue weighted by Crippen LogP contribution is 2.20. The Labute approximate surface area is 125 Å². The van der Waals surface area contributed by atoms with Crippen molar-refractivity contribution in [3.8, 4) is 0 Å². The van der Waals surface area contributed by atoms with E-state index in [-0.39, 0.29) is 5.92 Å². The standard InChI is InChI=1S/C16H22N2O3/c1-3-12-6-4-5-7-14(12)17-15(20)16(21)18-9-8-13(10-18)11(2)19/h4-7,11,13,19H,3,8-10H2,1-2H3,(H,17,20). The van der Waals surface area contributed by atoms with E-state index in [4.69, 9.17) is 0 Å². The van der Waals surface area contributed by atoms with Crippen LogP contribution < -0.4 is 5.32 Å². The van der Waals surface area contributed by atoms with Crippen LogP contribution in [0.15, 0.2) is 24.3 Å². The lowest BCUT2D eigenvalue weighted by molar-refractivity contribution is -0.142. The molecule has 114 valence electrons. The lowest BCUT2D eigenvalue weighted by Crippen LogP contribution is -2.39. The van der Waals surface area contributed by atoms with Gasteiger partial charge in [0.25, 0.3) is 0 Å². The van der Waals surface area contributed by atoms with Crippen LogP contribution in [0.2, 0.25) is 0 Å². The SMILES string of the molecule is CCc1ccccc1NC(=O)C(=O)N1CCC(C(C)O)C1. The van der Waals surface area contributed by atoms with Crippen molar-refractivity contribution in [3.05, 3.63) is 29.8 Å². The summed E-state index contributed by atoms with van der Waals surface area (Å²) in [5, 5.41) is 12.2. The van der Waals surface area contributed by atoms with E-state index in [0.29, 0.717) is 18.8 Å². The van der Waals surface area contributed by atoms with E-state index in [1.807, 2.05) is 25.1 Å². The Morgan fingerprint density at radius 1 is 1.43 bits per heavy atom. The minimum atomic E-state index is -0.609. The molecule has 1 fully saturated rings. The van der Waals surface area contributed by atoms with Gasteiger partial charge in [0.15, 0.2) is 0 Å². The number of nitrogens with zero attached hydrogens (tertiary/aromatic N) is 1. The van der Waals surface area contributed by atoms with Gasteiger partial charge in [-0.2, -0.15) is 0 Å². The van der Waals surface area contributed by atoms with Crippen molar-refractivity contribution in [1.29, 1.82) is 0 Å². The molecule has 2 amide bonds. The fourth-order valence-electron chi connectivity index (χ4n) is 2.64. The largest absolute Gasteiger partial charge is 0.393 e. The van der Waals surface area contributed by atoms with Crippen molar-refractivity contribution in [1.82, 2.24) is 4.90 Å². The topological polar surface area (TPSA) is 69.6 Å². The van der Waals surface area contributed by atoms with Crippen LogP contribution in [0.25, 0.3) is 0 Å².